The van der Waals surface area contributed by atoms with Crippen LogP contribution < -0.4 is 11.1 Å². The van der Waals surface area contributed by atoms with Crippen molar-refractivity contribution in [1.29, 1.82) is 0 Å². The summed E-state index contributed by atoms with van der Waals surface area (Å²) in [6.45, 7) is 0.548. The highest BCUT2D eigenvalue weighted by molar-refractivity contribution is 5.99. The molecule has 0 fully saturated rings. The Bertz CT molecular complexity index is 1120. The van der Waals surface area contributed by atoms with Gasteiger partial charge in [0.15, 0.2) is 0 Å². The molecule has 0 aliphatic heterocycles. The molecule has 1 aromatic heterocycles. The van der Waals surface area contributed by atoms with Crippen LogP contribution in [0.4, 0.5) is 0 Å². The second kappa shape index (κ2) is 7.25. The van der Waals surface area contributed by atoms with Gasteiger partial charge in [-0.25, -0.2) is 0 Å². The molecule has 0 saturated heterocycles. The van der Waals surface area contributed by atoms with Gasteiger partial charge in [-0.3, -0.25) is 4.79 Å². The highest BCUT2D eigenvalue weighted by Gasteiger charge is 2.15. The van der Waals surface area contributed by atoms with Gasteiger partial charge in [0.05, 0.1) is 6.42 Å². The summed E-state index contributed by atoms with van der Waals surface area (Å²) in [6.07, 6.45) is 1.08. The normalized spacial score (nSPS) is 11.2. The van der Waals surface area contributed by atoms with E-state index in [1.165, 1.54) is 21.9 Å². The summed E-state index contributed by atoms with van der Waals surface area (Å²) in [5.41, 5.74) is 11.4. The first-order chi connectivity index (χ1) is 13.2. The van der Waals surface area contributed by atoms with E-state index in [-0.39, 0.29) is 5.91 Å². The third-order valence-electron chi connectivity index (χ3n) is 5.11. The molecule has 4 rings (SSSR count). The molecule has 1 heterocycles. The monoisotopic (exact) mass is 357 g/mol. The average molecular weight is 357 g/mol. The smallest absolute Gasteiger partial charge is 0.225 e. The van der Waals surface area contributed by atoms with Gasteiger partial charge in [-0.1, -0.05) is 48.5 Å². The largest absolute Gasteiger partial charge is 0.359 e. The number of fused-ring (bicyclic) bond motifs is 2. The molecule has 4 nitrogen and oxygen atoms in total. The van der Waals surface area contributed by atoms with Crippen molar-refractivity contribution in [3.8, 4) is 11.1 Å². The number of amides is 1. The first-order valence-electron chi connectivity index (χ1n) is 9.23. The van der Waals surface area contributed by atoms with Gasteiger partial charge in [0.2, 0.25) is 5.91 Å². The van der Waals surface area contributed by atoms with Crippen LogP contribution in [0.25, 0.3) is 32.8 Å². The second-order valence-corrected chi connectivity index (χ2v) is 6.76. The van der Waals surface area contributed by atoms with E-state index in [9.17, 15) is 4.79 Å². The fourth-order valence-corrected chi connectivity index (χ4v) is 3.78. The van der Waals surface area contributed by atoms with Gasteiger partial charge in [0.1, 0.15) is 0 Å². The van der Waals surface area contributed by atoms with Crippen LogP contribution in [0.15, 0.2) is 60.7 Å². The molecule has 1 amide bonds. The van der Waals surface area contributed by atoms with E-state index < -0.39 is 0 Å². The first kappa shape index (κ1) is 17.3. The van der Waals surface area contributed by atoms with Crippen molar-refractivity contribution in [2.45, 2.75) is 12.8 Å². The Morgan fingerprint density at radius 3 is 2.67 bits per heavy atom. The minimum Gasteiger partial charge on any atom is -0.359 e. The highest BCUT2D eigenvalue weighted by atomic mass is 16.1. The van der Waals surface area contributed by atoms with Gasteiger partial charge >= 0.3 is 0 Å². The molecule has 0 atom stereocenters. The number of benzene rings is 3. The summed E-state index contributed by atoms with van der Waals surface area (Å²) >= 11 is 0. The third-order valence-corrected chi connectivity index (χ3v) is 5.11. The summed E-state index contributed by atoms with van der Waals surface area (Å²) in [4.78, 5) is 15.3. The molecular formula is C23H23N3O. The number of H-pyrrole nitrogens is 1. The molecule has 0 saturated carbocycles. The molecule has 136 valence electrons. The molecule has 0 radical (unpaired) electrons. The van der Waals surface area contributed by atoms with E-state index in [0.717, 1.165) is 28.6 Å². The number of aromatic amines is 1. The summed E-state index contributed by atoms with van der Waals surface area (Å²) in [6, 6.07) is 21.3. The van der Waals surface area contributed by atoms with Crippen molar-refractivity contribution in [1.82, 2.24) is 10.3 Å². The first-order valence-corrected chi connectivity index (χ1v) is 9.23. The number of carbonyl (C=O) groups is 1. The Kier molecular flexibility index (Phi) is 4.65. The molecule has 3 aromatic carbocycles. The van der Waals surface area contributed by atoms with Crippen LogP contribution in [-0.2, 0) is 17.6 Å². The van der Waals surface area contributed by atoms with E-state index in [2.05, 4.69) is 71.0 Å². The number of nitrogens with two attached hydrogens (primary N) is 1. The number of hydrogen-bond donors (Lipinski definition) is 3. The number of hydrogen-bond acceptors (Lipinski definition) is 2. The SMILES string of the molecule is CNC(=O)Cc1[nH]c2ccc(-c3cccc4ccccc34)cc2c1CCN. The predicted molar refractivity (Wildman–Crippen MR) is 112 cm³/mol. The molecule has 0 spiro atoms. The Morgan fingerprint density at radius 2 is 1.85 bits per heavy atom. The van der Waals surface area contributed by atoms with Crippen molar-refractivity contribution >= 4 is 27.6 Å². The molecular weight excluding hydrogens is 334 g/mol. The third kappa shape index (κ3) is 3.20. The quantitative estimate of drug-likeness (QED) is 0.509. The van der Waals surface area contributed by atoms with Crippen molar-refractivity contribution in [3.05, 3.63) is 71.9 Å². The predicted octanol–water partition coefficient (Wildman–Crippen LogP) is 3.78. The minimum absolute atomic E-state index is 0.00546. The lowest BCUT2D eigenvalue weighted by molar-refractivity contribution is -0.120. The van der Waals surface area contributed by atoms with Gasteiger partial charge < -0.3 is 16.0 Å². The molecule has 4 heteroatoms. The zero-order chi connectivity index (χ0) is 18.8. The number of rotatable bonds is 5. The summed E-state index contributed by atoms with van der Waals surface area (Å²) in [7, 11) is 1.66. The fourth-order valence-electron chi connectivity index (χ4n) is 3.78. The van der Waals surface area contributed by atoms with Gasteiger partial charge in [-0.2, -0.15) is 0 Å². The Hall–Kier alpha value is -3.11. The maximum absolute atomic E-state index is 11.9. The number of nitrogens with one attached hydrogen (secondary N) is 2. The summed E-state index contributed by atoms with van der Waals surface area (Å²) in [5.74, 6) is -0.00546. The molecule has 0 aliphatic carbocycles. The van der Waals surface area contributed by atoms with Crippen LogP contribution in [-0.4, -0.2) is 24.5 Å². The van der Waals surface area contributed by atoms with Gasteiger partial charge in [-0.05, 0) is 52.6 Å². The van der Waals surface area contributed by atoms with E-state index in [1.54, 1.807) is 7.05 Å². The molecule has 0 bridgehead atoms. The van der Waals surface area contributed by atoms with Crippen LogP contribution in [0.2, 0.25) is 0 Å². The zero-order valence-corrected chi connectivity index (χ0v) is 15.4. The van der Waals surface area contributed by atoms with Crippen molar-refractivity contribution < 1.29 is 4.79 Å². The van der Waals surface area contributed by atoms with E-state index >= 15 is 0 Å². The topological polar surface area (TPSA) is 70.9 Å². The number of carbonyl (C=O) groups excluding carboxylic acids is 1. The second-order valence-electron chi connectivity index (χ2n) is 6.76. The van der Waals surface area contributed by atoms with Crippen LogP contribution in [0.5, 0.6) is 0 Å². The maximum Gasteiger partial charge on any atom is 0.225 e. The highest BCUT2D eigenvalue weighted by Crippen LogP contribution is 2.33. The minimum atomic E-state index is -0.00546. The van der Waals surface area contributed by atoms with Crippen molar-refractivity contribution in [2.24, 2.45) is 5.73 Å². The Balaban J connectivity index is 1.88. The molecule has 0 unspecified atom stereocenters. The Labute approximate surface area is 158 Å². The van der Waals surface area contributed by atoms with Gasteiger partial charge in [0, 0.05) is 23.6 Å². The zero-order valence-electron chi connectivity index (χ0n) is 15.4. The summed E-state index contributed by atoms with van der Waals surface area (Å²) in [5, 5.41) is 6.30. The molecule has 0 aliphatic rings. The Morgan fingerprint density at radius 1 is 1.04 bits per heavy atom. The number of aromatic nitrogens is 1. The van der Waals surface area contributed by atoms with Gasteiger partial charge in [-0.15, -0.1) is 0 Å². The number of likely N-dealkylation sites (N-methyl/N-ethyl adjacent to an activating group) is 1. The van der Waals surface area contributed by atoms with Crippen LogP contribution in [0.3, 0.4) is 0 Å². The molecule has 4 aromatic rings. The van der Waals surface area contributed by atoms with E-state index in [0.29, 0.717) is 13.0 Å². The van der Waals surface area contributed by atoms with Crippen molar-refractivity contribution in [2.75, 3.05) is 13.6 Å². The van der Waals surface area contributed by atoms with Gasteiger partial charge in [0.25, 0.3) is 0 Å². The fraction of sp³-hybridized carbons (Fsp3) is 0.174. The van der Waals surface area contributed by atoms with E-state index in [1.807, 2.05) is 0 Å². The van der Waals surface area contributed by atoms with Crippen LogP contribution in [0.1, 0.15) is 11.3 Å². The average Bonchev–Trinajstić information content (AvgIpc) is 3.04. The standard InChI is InChI=1S/C23H23N3O/c1-25-23(27)14-22-19(11-12-24)20-13-16(9-10-21(20)26-22)18-8-4-6-15-5-2-3-7-17(15)18/h2-10,13,26H,11-12,14,24H2,1H3,(H,25,27). The lowest BCUT2D eigenvalue weighted by Crippen LogP contribution is -2.21. The molecule has 4 N–H and O–H groups in total. The van der Waals surface area contributed by atoms with Crippen LogP contribution >= 0.6 is 0 Å². The van der Waals surface area contributed by atoms with Crippen molar-refractivity contribution in [3.63, 3.8) is 0 Å². The lowest BCUT2D eigenvalue weighted by atomic mass is 9.96. The van der Waals surface area contributed by atoms with E-state index in [4.69, 9.17) is 5.73 Å². The lowest BCUT2D eigenvalue weighted by Gasteiger charge is -2.08. The molecule has 27 heavy (non-hydrogen) atoms. The summed E-state index contributed by atoms with van der Waals surface area (Å²) < 4.78 is 0. The maximum atomic E-state index is 11.9. The van der Waals surface area contributed by atoms with Crippen LogP contribution in [0, 0.1) is 0 Å².